The number of halogens is 3. The van der Waals surface area contributed by atoms with Gasteiger partial charge in [0.1, 0.15) is 6.04 Å². The minimum atomic E-state index is -4.08. The van der Waals surface area contributed by atoms with Crippen LogP contribution in [-0.4, -0.2) is 30.2 Å². The topological polar surface area (TPSA) is 3.24 Å². The fourth-order valence-electron chi connectivity index (χ4n) is 2.77. The molecule has 0 amide bonds. The van der Waals surface area contributed by atoms with Crippen molar-refractivity contribution in [1.29, 1.82) is 0 Å². The predicted molar refractivity (Wildman–Crippen MR) is 63.9 cm³/mol. The third-order valence-electron chi connectivity index (χ3n) is 4.14. The lowest BCUT2D eigenvalue weighted by Gasteiger charge is -2.38. The molecule has 1 fully saturated rings. The Morgan fingerprint density at radius 1 is 1.18 bits per heavy atom. The van der Waals surface area contributed by atoms with Crippen LogP contribution in [0, 0.1) is 11.8 Å². The summed E-state index contributed by atoms with van der Waals surface area (Å²) in [4.78, 5) is 1.58. The highest BCUT2D eigenvalue weighted by atomic mass is 19.4. The average molecular weight is 251 g/mol. The number of rotatable bonds is 4. The fourth-order valence-corrected chi connectivity index (χ4v) is 2.77. The van der Waals surface area contributed by atoms with Crippen LogP contribution in [0.5, 0.6) is 0 Å². The maximum Gasteiger partial charge on any atom is 0.403 e. The molecule has 1 heterocycles. The van der Waals surface area contributed by atoms with Crippen LogP contribution in [-0.2, 0) is 0 Å². The van der Waals surface area contributed by atoms with E-state index in [-0.39, 0.29) is 0 Å². The quantitative estimate of drug-likeness (QED) is 0.727. The zero-order chi connectivity index (χ0) is 13.1. The van der Waals surface area contributed by atoms with Crippen LogP contribution in [0.2, 0.25) is 0 Å². The number of piperidine rings is 1. The Hall–Kier alpha value is -0.250. The molecule has 1 aliphatic rings. The summed E-state index contributed by atoms with van der Waals surface area (Å²) in [5, 5.41) is 0. The molecule has 1 aliphatic heterocycles. The van der Waals surface area contributed by atoms with Crippen LogP contribution in [0.25, 0.3) is 0 Å². The molecule has 0 saturated carbocycles. The lowest BCUT2D eigenvalue weighted by atomic mass is 9.83. The molecule has 102 valence electrons. The fraction of sp³-hybridized carbons (Fsp3) is 1.00. The minimum Gasteiger partial charge on any atom is -0.292 e. The van der Waals surface area contributed by atoms with E-state index in [1.54, 1.807) is 4.90 Å². The summed E-state index contributed by atoms with van der Waals surface area (Å²) in [5.74, 6) is 1.27. The van der Waals surface area contributed by atoms with Crippen molar-refractivity contribution in [3.63, 3.8) is 0 Å². The van der Waals surface area contributed by atoms with E-state index >= 15 is 0 Å². The van der Waals surface area contributed by atoms with Gasteiger partial charge in [0.25, 0.3) is 0 Å². The van der Waals surface area contributed by atoms with Crippen LogP contribution in [0.1, 0.15) is 46.5 Å². The van der Waals surface area contributed by atoms with E-state index in [0.29, 0.717) is 24.9 Å². The summed E-state index contributed by atoms with van der Waals surface area (Å²) in [6.45, 7) is 6.86. The van der Waals surface area contributed by atoms with Crippen LogP contribution in [0.4, 0.5) is 13.2 Å². The number of alkyl halides is 3. The van der Waals surface area contributed by atoms with Gasteiger partial charge in [0, 0.05) is 0 Å². The average Bonchev–Trinajstić information content (AvgIpc) is 2.27. The molecule has 4 heteroatoms. The van der Waals surface area contributed by atoms with E-state index in [1.807, 2.05) is 0 Å². The largest absolute Gasteiger partial charge is 0.403 e. The van der Waals surface area contributed by atoms with Crippen LogP contribution in [0.15, 0.2) is 0 Å². The Bertz CT molecular complexity index is 219. The second-order valence-corrected chi connectivity index (χ2v) is 5.36. The molecule has 1 saturated heterocycles. The summed E-state index contributed by atoms with van der Waals surface area (Å²) in [6.07, 6.45) is 0.116. The highest BCUT2D eigenvalue weighted by molar-refractivity contribution is 4.81. The normalized spacial score (nSPS) is 23.6. The highest BCUT2D eigenvalue weighted by Crippen LogP contribution is 2.32. The van der Waals surface area contributed by atoms with E-state index in [0.717, 1.165) is 12.8 Å². The van der Waals surface area contributed by atoms with Crippen molar-refractivity contribution in [3.8, 4) is 0 Å². The van der Waals surface area contributed by atoms with E-state index in [9.17, 15) is 13.2 Å². The maximum atomic E-state index is 12.6. The second kappa shape index (κ2) is 6.07. The summed E-state index contributed by atoms with van der Waals surface area (Å²) in [7, 11) is 0. The first-order valence-corrected chi connectivity index (χ1v) is 6.67. The molecule has 0 aliphatic carbocycles. The SMILES string of the molecule is CCCC(C)C1CCN(C(C)C(F)(F)F)CC1. The van der Waals surface area contributed by atoms with Gasteiger partial charge in [0.15, 0.2) is 0 Å². The van der Waals surface area contributed by atoms with Crippen molar-refractivity contribution in [2.24, 2.45) is 11.8 Å². The lowest BCUT2D eigenvalue weighted by Crippen LogP contribution is -2.47. The molecular formula is C13H24F3N. The number of hydrogen-bond donors (Lipinski definition) is 0. The summed E-state index contributed by atoms with van der Waals surface area (Å²) in [6, 6.07) is -1.29. The summed E-state index contributed by atoms with van der Waals surface area (Å²) < 4.78 is 37.7. The van der Waals surface area contributed by atoms with Crippen molar-refractivity contribution in [2.45, 2.75) is 58.7 Å². The monoisotopic (exact) mass is 251 g/mol. The van der Waals surface area contributed by atoms with Gasteiger partial charge >= 0.3 is 6.18 Å². The Labute approximate surface area is 102 Å². The molecule has 0 spiro atoms. The van der Waals surface area contributed by atoms with Crippen molar-refractivity contribution in [2.75, 3.05) is 13.1 Å². The van der Waals surface area contributed by atoms with Gasteiger partial charge in [-0.1, -0.05) is 26.7 Å². The van der Waals surface area contributed by atoms with Crippen molar-refractivity contribution < 1.29 is 13.2 Å². The Balaban J connectivity index is 2.40. The van der Waals surface area contributed by atoms with Gasteiger partial charge in [-0.25, -0.2) is 0 Å². The van der Waals surface area contributed by atoms with Crippen molar-refractivity contribution in [3.05, 3.63) is 0 Å². The van der Waals surface area contributed by atoms with Gasteiger partial charge in [-0.3, -0.25) is 4.90 Å². The van der Waals surface area contributed by atoms with Gasteiger partial charge < -0.3 is 0 Å². The van der Waals surface area contributed by atoms with E-state index < -0.39 is 12.2 Å². The number of nitrogens with zero attached hydrogens (tertiary/aromatic N) is 1. The summed E-state index contributed by atoms with van der Waals surface area (Å²) in [5.41, 5.74) is 0. The lowest BCUT2D eigenvalue weighted by molar-refractivity contribution is -0.182. The van der Waals surface area contributed by atoms with Gasteiger partial charge in [0.05, 0.1) is 0 Å². The molecular weight excluding hydrogens is 227 g/mol. The highest BCUT2D eigenvalue weighted by Gasteiger charge is 2.41. The van der Waals surface area contributed by atoms with Gasteiger partial charge in [-0.2, -0.15) is 13.2 Å². The van der Waals surface area contributed by atoms with Crippen LogP contribution in [0.3, 0.4) is 0 Å². The smallest absolute Gasteiger partial charge is 0.292 e. The van der Waals surface area contributed by atoms with E-state index in [2.05, 4.69) is 13.8 Å². The third-order valence-corrected chi connectivity index (χ3v) is 4.14. The first-order chi connectivity index (χ1) is 7.86. The van der Waals surface area contributed by atoms with E-state index in [4.69, 9.17) is 0 Å². The standard InChI is InChI=1S/C13H24F3N/c1-4-5-10(2)12-6-8-17(9-7-12)11(3)13(14,15)16/h10-12H,4-9H2,1-3H3. The zero-order valence-corrected chi connectivity index (χ0v) is 11.1. The van der Waals surface area contributed by atoms with Crippen LogP contribution < -0.4 is 0 Å². The molecule has 0 aromatic heterocycles. The molecule has 17 heavy (non-hydrogen) atoms. The summed E-state index contributed by atoms with van der Waals surface area (Å²) >= 11 is 0. The molecule has 1 rings (SSSR count). The van der Waals surface area contributed by atoms with Crippen molar-refractivity contribution >= 4 is 0 Å². The molecule has 0 N–H and O–H groups in total. The molecule has 0 aromatic carbocycles. The molecule has 0 bridgehead atoms. The Morgan fingerprint density at radius 2 is 1.71 bits per heavy atom. The molecule has 0 aromatic rings. The first-order valence-electron chi connectivity index (χ1n) is 6.67. The predicted octanol–water partition coefficient (Wildman–Crippen LogP) is 4.09. The third kappa shape index (κ3) is 4.16. The van der Waals surface area contributed by atoms with Gasteiger partial charge in [0.2, 0.25) is 0 Å². The van der Waals surface area contributed by atoms with Crippen molar-refractivity contribution in [1.82, 2.24) is 4.90 Å². The van der Waals surface area contributed by atoms with Gasteiger partial charge in [-0.05, 0) is 44.7 Å². The first kappa shape index (κ1) is 14.8. The zero-order valence-electron chi connectivity index (χ0n) is 11.1. The Morgan fingerprint density at radius 3 is 2.12 bits per heavy atom. The number of likely N-dealkylation sites (tertiary alicyclic amines) is 1. The molecule has 2 unspecified atom stereocenters. The molecule has 2 atom stereocenters. The molecule has 0 radical (unpaired) electrons. The second-order valence-electron chi connectivity index (χ2n) is 5.36. The molecule has 1 nitrogen and oxygen atoms in total. The van der Waals surface area contributed by atoms with Crippen LogP contribution >= 0.6 is 0 Å². The number of hydrogen-bond acceptors (Lipinski definition) is 1. The van der Waals surface area contributed by atoms with E-state index in [1.165, 1.54) is 19.8 Å². The van der Waals surface area contributed by atoms with Gasteiger partial charge in [-0.15, -0.1) is 0 Å². The maximum absolute atomic E-state index is 12.6. The minimum absolute atomic E-state index is 0.597. The Kier molecular flexibility index (Phi) is 5.29.